The maximum Gasteiger partial charge on any atom is 0.289 e. The number of unbranched alkanes of at least 4 members (excludes halogenated alkanes) is 2. The predicted octanol–water partition coefficient (Wildman–Crippen LogP) is 2.85. The van der Waals surface area contributed by atoms with E-state index in [2.05, 4.69) is 32.5 Å². The molecule has 8 heteroatoms. The smallest absolute Gasteiger partial charge is 0.289 e. The Balaban J connectivity index is 1.90. The maximum absolute atomic E-state index is 12.7. The highest BCUT2D eigenvalue weighted by atomic mass is 16.2. The van der Waals surface area contributed by atoms with E-state index in [4.69, 9.17) is 11.5 Å². The zero-order valence-electron chi connectivity index (χ0n) is 17.9. The van der Waals surface area contributed by atoms with Crippen LogP contribution in [0.4, 0.5) is 5.82 Å². The number of aliphatic imine (C=N–C) groups is 1. The average Bonchev–Trinajstić information content (AvgIpc) is 2.72. The summed E-state index contributed by atoms with van der Waals surface area (Å²) in [6, 6.07) is 6.01. The second kappa shape index (κ2) is 10.2. The Morgan fingerprint density at radius 1 is 1.20 bits per heavy atom. The van der Waals surface area contributed by atoms with Crippen LogP contribution < -0.4 is 22.1 Å². The highest BCUT2D eigenvalue weighted by Crippen LogP contribution is 2.28. The topological polar surface area (TPSA) is 131 Å². The van der Waals surface area contributed by atoms with Crippen molar-refractivity contribution in [1.82, 2.24) is 15.3 Å². The number of anilines is 1. The summed E-state index contributed by atoms with van der Waals surface area (Å²) >= 11 is 0. The van der Waals surface area contributed by atoms with E-state index >= 15 is 0 Å². The Kier molecular flexibility index (Phi) is 7.43. The summed E-state index contributed by atoms with van der Waals surface area (Å²) in [4.78, 5) is 26.2. The second-order valence-corrected chi connectivity index (χ2v) is 8.04. The standard InChI is InChI=1S/C22H33N7O/c1-3-4-7-12-25-21(30)20-26-16-11-10-14(2)13-15(16)19(29-20)27-17-8-5-6-9-18(17)28-22(23)24/h10-11,13,17-18H,3-9,12H2,1-2H3,(H,25,30)(H4,23,24,28)(H,26,27,29)/t17-,18+/m0/s1. The summed E-state index contributed by atoms with van der Waals surface area (Å²) in [5.74, 6) is 0.690. The van der Waals surface area contributed by atoms with Gasteiger partial charge in [-0.3, -0.25) is 4.79 Å². The van der Waals surface area contributed by atoms with Crippen LogP contribution in [-0.4, -0.2) is 40.5 Å². The third-order valence-electron chi connectivity index (χ3n) is 5.49. The minimum atomic E-state index is -0.249. The van der Waals surface area contributed by atoms with Gasteiger partial charge in [-0.1, -0.05) is 44.2 Å². The van der Waals surface area contributed by atoms with Crippen LogP contribution in [0.1, 0.15) is 68.1 Å². The molecule has 8 nitrogen and oxygen atoms in total. The summed E-state index contributed by atoms with van der Waals surface area (Å²) in [5, 5.41) is 7.35. The van der Waals surface area contributed by atoms with E-state index in [9.17, 15) is 4.79 Å². The monoisotopic (exact) mass is 411 g/mol. The van der Waals surface area contributed by atoms with E-state index in [1.165, 1.54) is 0 Å². The number of aryl methyl sites for hydroxylation is 1. The van der Waals surface area contributed by atoms with Crippen LogP contribution in [0.3, 0.4) is 0 Å². The third-order valence-corrected chi connectivity index (χ3v) is 5.49. The summed E-state index contributed by atoms with van der Waals surface area (Å²) in [5.41, 5.74) is 13.1. The lowest BCUT2D eigenvalue weighted by atomic mass is 9.90. The number of hydrogen-bond donors (Lipinski definition) is 4. The fraction of sp³-hybridized carbons (Fsp3) is 0.545. The molecule has 2 aromatic rings. The summed E-state index contributed by atoms with van der Waals surface area (Å²) in [7, 11) is 0. The molecule has 6 N–H and O–H groups in total. The summed E-state index contributed by atoms with van der Waals surface area (Å²) in [6.45, 7) is 4.79. The van der Waals surface area contributed by atoms with Crippen molar-refractivity contribution in [3.05, 3.63) is 29.6 Å². The normalized spacial score (nSPS) is 18.7. The van der Waals surface area contributed by atoms with Crippen molar-refractivity contribution < 1.29 is 4.79 Å². The van der Waals surface area contributed by atoms with Gasteiger partial charge in [-0.2, -0.15) is 0 Å². The number of carbonyl (C=O) groups excluding carboxylic acids is 1. The van der Waals surface area contributed by atoms with Crippen LogP contribution in [0.25, 0.3) is 10.9 Å². The van der Waals surface area contributed by atoms with Gasteiger partial charge in [0.05, 0.1) is 17.6 Å². The third kappa shape index (κ3) is 5.58. The molecule has 0 unspecified atom stereocenters. The Labute approximate surface area is 177 Å². The minimum absolute atomic E-state index is 0.00936. The van der Waals surface area contributed by atoms with Gasteiger partial charge in [0, 0.05) is 11.9 Å². The lowest BCUT2D eigenvalue weighted by Crippen LogP contribution is -2.38. The van der Waals surface area contributed by atoms with Crippen LogP contribution in [0, 0.1) is 6.92 Å². The first-order valence-corrected chi connectivity index (χ1v) is 10.9. The lowest BCUT2D eigenvalue weighted by Gasteiger charge is -2.30. The van der Waals surface area contributed by atoms with E-state index in [1.54, 1.807) is 0 Å². The van der Waals surface area contributed by atoms with E-state index in [1.807, 2.05) is 25.1 Å². The van der Waals surface area contributed by atoms with Gasteiger partial charge in [-0.25, -0.2) is 15.0 Å². The molecule has 1 aromatic carbocycles. The van der Waals surface area contributed by atoms with Gasteiger partial charge in [0.2, 0.25) is 5.82 Å². The van der Waals surface area contributed by atoms with Crippen LogP contribution >= 0.6 is 0 Å². The number of guanidine groups is 1. The van der Waals surface area contributed by atoms with Crippen molar-refractivity contribution >= 4 is 28.6 Å². The first kappa shape index (κ1) is 21.8. The highest BCUT2D eigenvalue weighted by Gasteiger charge is 2.26. The molecule has 1 saturated carbocycles. The van der Waals surface area contributed by atoms with Crippen LogP contribution in [0.5, 0.6) is 0 Å². The lowest BCUT2D eigenvalue weighted by molar-refractivity contribution is 0.0943. The number of nitrogens with zero attached hydrogens (tertiary/aromatic N) is 3. The molecule has 30 heavy (non-hydrogen) atoms. The molecule has 1 heterocycles. The van der Waals surface area contributed by atoms with E-state index in [-0.39, 0.29) is 29.8 Å². The van der Waals surface area contributed by atoms with Crippen LogP contribution in [0.15, 0.2) is 23.2 Å². The molecule has 1 amide bonds. The molecule has 162 valence electrons. The van der Waals surface area contributed by atoms with Crippen molar-refractivity contribution in [2.45, 2.75) is 70.9 Å². The SMILES string of the molecule is CCCCCNC(=O)c1nc(N[C@H]2CCCC[C@H]2N=C(N)N)c2cc(C)ccc2n1. The number of fused-ring (bicyclic) bond motifs is 1. The first-order chi connectivity index (χ1) is 14.5. The number of carbonyl (C=O) groups is 1. The number of aromatic nitrogens is 2. The van der Waals surface area contributed by atoms with Gasteiger partial charge >= 0.3 is 0 Å². The van der Waals surface area contributed by atoms with Crippen molar-refractivity contribution in [2.24, 2.45) is 16.5 Å². The zero-order valence-corrected chi connectivity index (χ0v) is 17.9. The molecule has 3 rings (SSSR count). The molecule has 0 saturated heterocycles. The molecule has 0 radical (unpaired) electrons. The second-order valence-electron chi connectivity index (χ2n) is 8.04. The summed E-state index contributed by atoms with van der Waals surface area (Å²) in [6.07, 6.45) is 7.19. The van der Waals surface area contributed by atoms with Gasteiger partial charge in [0.25, 0.3) is 5.91 Å². The maximum atomic E-state index is 12.7. The Bertz CT molecular complexity index is 908. The number of hydrogen-bond acceptors (Lipinski definition) is 5. The van der Waals surface area contributed by atoms with Gasteiger partial charge in [-0.05, 0) is 38.3 Å². The van der Waals surface area contributed by atoms with Gasteiger partial charge in [0.15, 0.2) is 5.96 Å². The average molecular weight is 412 g/mol. The van der Waals surface area contributed by atoms with E-state index in [0.29, 0.717) is 12.4 Å². The highest BCUT2D eigenvalue weighted by molar-refractivity contribution is 5.96. The van der Waals surface area contributed by atoms with Gasteiger partial charge in [-0.15, -0.1) is 0 Å². The molecule has 1 aliphatic carbocycles. The predicted molar refractivity (Wildman–Crippen MR) is 122 cm³/mol. The molecule has 2 atom stereocenters. The van der Waals surface area contributed by atoms with E-state index < -0.39 is 0 Å². The number of nitrogens with one attached hydrogen (secondary N) is 2. The molecule has 1 aromatic heterocycles. The first-order valence-electron chi connectivity index (χ1n) is 10.9. The molecule has 1 aliphatic rings. The fourth-order valence-electron chi connectivity index (χ4n) is 3.91. The van der Waals surface area contributed by atoms with Crippen LogP contribution in [-0.2, 0) is 0 Å². The molecular weight excluding hydrogens is 378 g/mol. The molecule has 0 aliphatic heterocycles. The van der Waals surface area contributed by atoms with Crippen molar-refractivity contribution in [3.63, 3.8) is 0 Å². The van der Waals surface area contributed by atoms with E-state index in [0.717, 1.165) is 61.4 Å². The number of benzene rings is 1. The largest absolute Gasteiger partial charge is 0.370 e. The minimum Gasteiger partial charge on any atom is -0.370 e. The molecule has 0 spiro atoms. The number of amides is 1. The summed E-state index contributed by atoms with van der Waals surface area (Å²) < 4.78 is 0. The molecule has 1 fully saturated rings. The number of nitrogens with two attached hydrogens (primary N) is 2. The molecular formula is C22H33N7O. The Morgan fingerprint density at radius 2 is 2.00 bits per heavy atom. The van der Waals surface area contributed by atoms with Crippen molar-refractivity contribution in [2.75, 3.05) is 11.9 Å². The van der Waals surface area contributed by atoms with Crippen molar-refractivity contribution in [1.29, 1.82) is 0 Å². The van der Waals surface area contributed by atoms with Crippen molar-refractivity contribution in [3.8, 4) is 0 Å². The van der Waals surface area contributed by atoms with Crippen LogP contribution in [0.2, 0.25) is 0 Å². The fourth-order valence-corrected chi connectivity index (χ4v) is 3.91. The molecule has 0 bridgehead atoms. The zero-order chi connectivity index (χ0) is 21.5. The van der Waals surface area contributed by atoms with Gasteiger partial charge < -0.3 is 22.1 Å². The van der Waals surface area contributed by atoms with Gasteiger partial charge in [0.1, 0.15) is 5.82 Å². The number of rotatable bonds is 8. The Morgan fingerprint density at radius 3 is 2.77 bits per heavy atom. The quantitative estimate of drug-likeness (QED) is 0.300. The Hall–Kier alpha value is -2.90.